The molecular formula is C18H11Cl3F6N2. The third kappa shape index (κ3) is 3.90. The van der Waals surface area contributed by atoms with Gasteiger partial charge in [0.2, 0.25) is 0 Å². The largest absolute Gasteiger partial charge is 0.418 e. The zero-order valence-corrected chi connectivity index (χ0v) is 16.5. The fourth-order valence-corrected chi connectivity index (χ4v) is 3.78. The van der Waals surface area contributed by atoms with Crippen LogP contribution in [0.3, 0.4) is 0 Å². The fraction of sp³-hybridized carbons (Fsp3) is 0.278. The molecular weight excluding hydrogens is 465 g/mol. The van der Waals surface area contributed by atoms with E-state index in [0.29, 0.717) is 6.07 Å². The van der Waals surface area contributed by atoms with Crippen LogP contribution in [0.4, 0.5) is 32.0 Å². The number of aliphatic imine (C=N–C) groups is 1. The Labute approximate surface area is 176 Å². The molecule has 2 N–H and O–H groups in total. The van der Waals surface area contributed by atoms with Crippen LogP contribution in [0.1, 0.15) is 23.1 Å². The van der Waals surface area contributed by atoms with Gasteiger partial charge in [-0.05, 0) is 35.4 Å². The summed E-state index contributed by atoms with van der Waals surface area (Å²) < 4.78 is 81.6. The van der Waals surface area contributed by atoms with Crippen molar-refractivity contribution in [3.05, 3.63) is 62.1 Å². The van der Waals surface area contributed by atoms with E-state index in [4.69, 9.17) is 40.5 Å². The highest BCUT2D eigenvalue weighted by atomic mass is 35.5. The summed E-state index contributed by atoms with van der Waals surface area (Å²) in [5.41, 5.74) is 0.693. The van der Waals surface area contributed by atoms with Crippen LogP contribution in [0.2, 0.25) is 15.1 Å². The molecule has 2 aromatic rings. The molecule has 0 saturated heterocycles. The van der Waals surface area contributed by atoms with Crippen LogP contribution in [-0.4, -0.2) is 18.4 Å². The molecule has 0 aromatic heterocycles. The van der Waals surface area contributed by atoms with E-state index in [9.17, 15) is 26.3 Å². The summed E-state index contributed by atoms with van der Waals surface area (Å²) in [5.74, 6) is 0. The first-order valence-corrected chi connectivity index (χ1v) is 9.12. The Morgan fingerprint density at radius 2 is 1.52 bits per heavy atom. The number of hydrogen-bond acceptors (Lipinski definition) is 2. The SMILES string of the molecule is Nc1ccc(C2=NCC(c3cc(Cl)c(Cl)c(Cl)c3)(C(F)(F)F)C2)cc1C(F)(F)F. The molecule has 0 fully saturated rings. The average molecular weight is 476 g/mol. The van der Waals surface area contributed by atoms with Crippen LogP contribution in [0.5, 0.6) is 0 Å². The monoisotopic (exact) mass is 474 g/mol. The van der Waals surface area contributed by atoms with E-state index in [1.807, 2.05) is 0 Å². The highest BCUT2D eigenvalue weighted by Crippen LogP contribution is 2.50. The maximum Gasteiger partial charge on any atom is 0.418 e. The molecule has 11 heteroatoms. The number of benzene rings is 2. The minimum atomic E-state index is -4.78. The van der Waals surface area contributed by atoms with Gasteiger partial charge in [0, 0.05) is 17.8 Å². The lowest BCUT2D eigenvalue weighted by Crippen LogP contribution is -2.43. The molecule has 0 spiro atoms. The maximum absolute atomic E-state index is 14.1. The predicted octanol–water partition coefficient (Wildman–Crippen LogP) is 6.94. The Bertz CT molecular complexity index is 977. The predicted molar refractivity (Wildman–Crippen MR) is 101 cm³/mol. The Kier molecular flexibility index (Phi) is 5.51. The summed E-state index contributed by atoms with van der Waals surface area (Å²) in [7, 11) is 0. The summed E-state index contributed by atoms with van der Waals surface area (Å²) in [6, 6.07) is 4.99. The summed E-state index contributed by atoms with van der Waals surface area (Å²) >= 11 is 17.6. The van der Waals surface area contributed by atoms with Gasteiger partial charge in [0.05, 0.1) is 27.2 Å². The molecule has 2 nitrogen and oxygen atoms in total. The molecule has 156 valence electrons. The van der Waals surface area contributed by atoms with Gasteiger partial charge in [-0.25, -0.2) is 0 Å². The molecule has 1 unspecified atom stereocenters. The van der Waals surface area contributed by atoms with Crippen molar-refractivity contribution in [3.8, 4) is 0 Å². The van der Waals surface area contributed by atoms with Gasteiger partial charge in [0.15, 0.2) is 0 Å². The normalized spacial score (nSPS) is 20.1. The molecule has 2 aromatic carbocycles. The van der Waals surface area contributed by atoms with Crippen molar-refractivity contribution in [2.24, 2.45) is 4.99 Å². The molecule has 29 heavy (non-hydrogen) atoms. The fourth-order valence-electron chi connectivity index (χ4n) is 3.18. The second-order valence-corrected chi connectivity index (χ2v) is 7.77. The number of rotatable bonds is 2. The molecule has 1 atom stereocenters. The van der Waals surface area contributed by atoms with Crippen molar-refractivity contribution in [3.63, 3.8) is 0 Å². The molecule has 0 aliphatic carbocycles. The van der Waals surface area contributed by atoms with Gasteiger partial charge in [-0.3, -0.25) is 4.99 Å². The molecule has 1 heterocycles. The molecule has 1 aliphatic heterocycles. The van der Waals surface area contributed by atoms with Crippen molar-refractivity contribution in [1.82, 2.24) is 0 Å². The number of halogens is 9. The Morgan fingerprint density at radius 3 is 2.03 bits per heavy atom. The lowest BCUT2D eigenvalue weighted by Gasteiger charge is -2.32. The molecule has 0 bridgehead atoms. The van der Waals surface area contributed by atoms with Gasteiger partial charge in [0.1, 0.15) is 5.41 Å². The number of nitrogens with two attached hydrogens (primary N) is 1. The van der Waals surface area contributed by atoms with E-state index < -0.39 is 42.0 Å². The number of hydrogen-bond donors (Lipinski definition) is 1. The molecule has 0 amide bonds. The van der Waals surface area contributed by atoms with Crippen molar-refractivity contribution in [2.45, 2.75) is 24.2 Å². The average Bonchev–Trinajstić information content (AvgIpc) is 3.05. The summed E-state index contributed by atoms with van der Waals surface area (Å²) in [4.78, 5) is 3.91. The van der Waals surface area contributed by atoms with Crippen molar-refractivity contribution < 1.29 is 26.3 Å². The Morgan fingerprint density at radius 1 is 0.931 bits per heavy atom. The van der Waals surface area contributed by atoms with E-state index in [-0.39, 0.29) is 31.9 Å². The van der Waals surface area contributed by atoms with Crippen LogP contribution in [0.25, 0.3) is 0 Å². The number of nitrogens with zero attached hydrogens (tertiary/aromatic N) is 1. The second-order valence-electron chi connectivity index (χ2n) is 6.57. The van der Waals surface area contributed by atoms with Crippen LogP contribution in [0, 0.1) is 0 Å². The zero-order valence-electron chi connectivity index (χ0n) is 14.2. The topological polar surface area (TPSA) is 38.4 Å². The van der Waals surface area contributed by atoms with E-state index in [0.717, 1.165) is 18.2 Å². The zero-order chi connectivity index (χ0) is 21.8. The first-order valence-electron chi connectivity index (χ1n) is 7.98. The Hall–Kier alpha value is -1.64. The third-order valence-corrected chi connectivity index (χ3v) is 5.98. The van der Waals surface area contributed by atoms with E-state index >= 15 is 0 Å². The van der Waals surface area contributed by atoms with Crippen LogP contribution in [0.15, 0.2) is 35.3 Å². The summed E-state index contributed by atoms with van der Waals surface area (Å²) in [6.07, 6.45) is -10.2. The van der Waals surface area contributed by atoms with Crippen LogP contribution >= 0.6 is 34.8 Å². The van der Waals surface area contributed by atoms with Crippen molar-refractivity contribution >= 4 is 46.2 Å². The Balaban J connectivity index is 2.07. The highest BCUT2D eigenvalue weighted by Gasteiger charge is 2.58. The molecule has 0 radical (unpaired) electrons. The van der Waals surface area contributed by atoms with Gasteiger partial charge in [-0.1, -0.05) is 40.9 Å². The second kappa shape index (κ2) is 7.25. The number of alkyl halides is 6. The number of nitrogen functional groups attached to an aromatic ring is 1. The van der Waals surface area contributed by atoms with E-state index in [1.54, 1.807) is 0 Å². The summed E-state index contributed by atoms with van der Waals surface area (Å²) in [5, 5.41) is -0.432. The van der Waals surface area contributed by atoms with Crippen molar-refractivity contribution in [2.75, 3.05) is 12.3 Å². The quantitative estimate of drug-likeness (QED) is 0.285. The van der Waals surface area contributed by atoms with Gasteiger partial charge in [-0.15, -0.1) is 0 Å². The van der Waals surface area contributed by atoms with Crippen LogP contribution in [-0.2, 0) is 11.6 Å². The first kappa shape index (κ1) is 22.1. The van der Waals surface area contributed by atoms with E-state index in [1.165, 1.54) is 6.07 Å². The summed E-state index contributed by atoms with van der Waals surface area (Å²) in [6.45, 7) is -0.730. The number of anilines is 1. The smallest absolute Gasteiger partial charge is 0.398 e. The first-order chi connectivity index (χ1) is 13.3. The molecule has 1 aliphatic rings. The minimum Gasteiger partial charge on any atom is -0.398 e. The lowest BCUT2D eigenvalue weighted by atomic mass is 9.76. The van der Waals surface area contributed by atoms with Crippen LogP contribution < -0.4 is 5.73 Å². The lowest BCUT2D eigenvalue weighted by molar-refractivity contribution is -0.183. The minimum absolute atomic E-state index is 0.0937. The standard InChI is InChI=1S/C18H11Cl3F6N2/c19-11-4-9(5-12(20)15(11)21)16(18(25,26)27)6-14(29-7-16)8-1-2-13(28)10(3-8)17(22,23)24/h1-5H,6-7,28H2. The third-order valence-electron chi connectivity index (χ3n) is 4.78. The van der Waals surface area contributed by atoms with Gasteiger partial charge < -0.3 is 5.73 Å². The molecule has 0 saturated carbocycles. The molecule has 3 rings (SSSR count). The highest BCUT2D eigenvalue weighted by molar-refractivity contribution is 6.48. The van der Waals surface area contributed by atoms with E-state index in [2.05, 4.69) is 4.99 Å². The van der Waals surface area contributed by atoms with Gasteiger partial charge in [-0.2, -0.15) is 26.3 Å². The van der Waals surface area contributed by atoms with Crippen molar-refractivity contribution in [1.29, 1.82) is 0 Å². The maximum atomic E-state index is 14.1. The van der Waals surface area contributed by atoms with Gasteiger partial charge >= 0.3 is 12.4 Å². The van der Waals surface area contributed by atoms with Gasteiger partial charge in [0.25, 0.3) is 0 Å².